The molecule has 0 aromatic rings. The second kappa shape index (κ2) is 10.2. The van der Waals surface area contributed by atoms with Crippen LogP contribution in [-0.4, -0.2) is 0 Å². The fourth-order valence-electron chi connectivity index (χ4n) is 4.07. The van der Waals surface area contributed by atoms with Crippen LogP contribution in [0.5, 0.6) is 0 Å². The minimum Gasteiger partial charge on any atom is -0.0882 e. The topological polar surface area (TPSA) is 0 Å². The molecule has 0 aliphatic heterocycles. The highest BCUT2D eigenvalue weighted by molar-refractivity contribution is 5.14. The number of unbranched alkanes of at least 4 members (excludes halogenated alkanes) is 10. The van der Waals surface area contributed by atoms with E-state index in [0.29, 0.717) is 0 Å². The molecule has 0 amide bonds. The Labute approximate surface area is 133 Å². The summed E-state index contributed by atoms with van der Waals surface area (Å²) in [6.45, 7) is 2.29. The maximum atomic E-state index is 2.53. The molecule has 2 bridgehead atoms. The lowest BCUT2D eigenvalue weighted by Gasteiger charge is -2.12. The van der Waals surface area contributed by atoms with E-state index in [1.807, 2.05) is 0 Å². The molecule has 0 spiro atoms. The van der Waals surface area contributed by atoms with E-state index in [-0.39, 0.29) is 0 Å². The van der Waals surface area contributed by atoms with E-state index in [2.05, 4.69) is 31.2 Å². The van der Waals surface area contributed by atoms with Gasteiger partial charge in [-0.25, -0.2) is 0 Å². The molecule has 21 heavy (non-hydrogen) atoms. The molecule has 0 saturated heterocycles. The van der Waals surface area contributed by atoms with Crippen LogP contribution in [0.3, 0.4) is 0 Å². The third-order valence-corrected chi connectivity index (χ3v) is 5.44. The molecule has 0 radical (unpaired) electrons. The van der Waals surface area contributed by atoms with Gasteiger partial charge in [0, 0.05) is 0 Å². The van der Waals surface area contributed by atoms with Crippen molar-refractivity contribution in [2.24, 2.45) is 17.8 Å². The summed E-state index contributed by atoms with van der Waals surface area (Å²) in [6, 6.07) is 0. The second-order valence-corrected chi connectivity index (χ2v) is 7.34. The molecule has 120 valence electrons. The summed E-state index contributed by atoms with van der Waals surface area (Å²) in [5, 5.41) is 0. The molecule has 2 aliphatic rings. The first-order valence-electron chi connectivity index (χ1n) is 9.75. The average molecular weight is 289 g/mol. The van der Waals surface area contributed by atoms with Crippen molar-refractivity contribution in [1.82, 2.24) is 0 Å². The number of hydrogen-bond acceptors (Lipinski definition) is 0. The zero-order chi connectivity index (χ0) is 14.8. The van der Waals surface area contributed by atoms with Gasteiger partial charge in [0.25, 0.3) is 0 Å². The first kappa shape index (κ1) is 16.8. The zero-order valence-electron chi connectivity index (χ0n) is 14.2. The van der Waals surface area contributed by atoms with Gasteiger partial charge in [-0.3, -0.25) is 0 Å². The Bertz CT molecular complexity index is 312. The van der Waals surface area contributed by atoms with Crippen molar-refractivity contribution in [3.05, 3.63) is 24.3 Å². The molecule has 3 atom stereocenters. The molecule has 0 heterocycles. The van der Waals surface area contributed by atoms with Crippen molar-refractivity contribution >= 4 is 0 Å². The van der Waals surface area contributed by atoms with Gasteiger partial charge < -0.3 is 0 Å². The van der Waals surface area contributed by atoms with Crippen LogP contribution in [0.4, 0.5) is 0 Å². The fourth-order valence-corrected chi connectivity index (χ4v) is 4.07. The molecule has 0 nitrogen and oxygen atoms in total. The predicted molar refractivity (Wildman–Crippen MR) is 94.4 cm³/mol. The molecule has 1 fully saturated rings. The van der Waals surface area contributed by atoms with Crippen LogP contribution in [0.1, 0.15) is 90.4 Å². The summed E-state index contributed by atoms with van der Waals surface area (Å²) in [5.74, 6) is 2.68. The first-order valence-corrected chi connectivity index (χ1v) is 9.75. The summed E-state index contributed by atoms with van der Waals surface area (Å²) in [4.78, 5) is 0. The van der Waals surface area contributed by atoms with Gasteiger partial charge in [0.05, 0.1) is 0 Å². The van der Waals surface area contributed by atoms with Crippen molar-refractivity contribution in [2.45, 2.75) is 90.4 Å². The normalized spacial score (nSPS) is 27.2. The van der Waals surface area contributed by atoms with Gasteiger partial charge in [-0.1, -0.05) is 89.0 Å². The van der Waals surface area contributed by atoms with Crippen LogP contribution in [-0.2, 0) is 0 Å². The minimum absolute atomic E-state index is 0.878. The molecule has 0 heteroatoms. The largest absolute Gasteiger partial charge is 0.0882 e. The summed E-state index contributed by atoms with van der Waals surface area (Å²) in [6.07, 6.45) is 28.5. The van der Waals surface area contributed by atoms with Crippen LogP contribution in [0.15, 0.2) is 24.3 Å². The summed E-state index contributed by atoms with van der Waals surface area (Å²) in [5.41, 5.74) is 0. The molecule has 3 unspecified atom stereocenters. The molecule has 2 rings (SSSR count). The predicted octanol–water partition coefficient (Wildman–Crippen LogP) is 7.07. The fraction of sp³-hybridized carbons (Fsp3) is 0.810. The smallest absolute Gasteiger partial charge is 0.0165 e. The third-order valence-electron chi connectivity index (χ3n) is 5.44. The lowest BCUT2D eigenvalue weighted by molar-refractivity contribution is 0.544. The van der Waals surface area contributed by atoms with Gasteiger partial charge >= 0.3 is 0 Å². The number of rotatable bonds is 12. The Balaban J connectivity index is 1.35. The maximum Gasteiger partial charge on any atom is -0.0165 e. The van der Waals surface area contributed by atoms with Crippen molar-refractivity contribution in [1.29, 1.82) is 0 Å². The van der Waals surface area contributed by atoms with Crippen LogP contribution in [0.2, 0.25) is 0 Å². The van der Waals surface area contributed by atoms with Gasteiger partial charge in [-0.2, -0.15) is 0 Å². The van der Waals surface area contributed by atoms with Crippen LogP contribution < -0.4 is 0 Å². The Morgan fingerprint density at radius 2 is 1.48 bits per heavy atom. The van der Waals surface area contributed by atoms with Gasteiger partial charge in [0.1, 0.15) is 0 Å². The Hall–Kier alpha value is -0.520. The van der Waals surface area contributed by atoms with E-state index in [4.69, 9.17) is 0 Å². The van der Waals surface area contributed by atoms with Crippen LogP contribution in [0.25, 0.3) is 0 Å². The maximum absolute atomic E-state index is 2.53. The molecular weight excluding hydrogens is 252 g/mol. The molecule has 1 saturated carbocycles. The third kappa shape index (κ3) is 6.41. The van der Waals surface area contributed by atoms with E-state index < -0.39 is 0 Å². The van der Waals surface area contributed by atoms with Crippen molar-refractivity contribution in [2.75, 3.05) is 0 Å². The lowest BCUT2D eigenvalue weighted by atomic mass is 9.93. The SMILES string of the molecule is CCCCCCCCCCCCC=CC1CC2C=CC1C2. The highest BCUT2D eigenvalue weighted by Gasteiger charge is 2.33. The van der Waals surface area contributed by atoms with Gasteiger partial charge in [0.15, 0.2) is 0 Å². The summed E-state index contributed by atoms with van der Waals surface area (Å²) in [7, 11) is 0. The van der Waals surface area contributed by atoms with Crippen molar-refractivity contribution in [3.8, 4) is 0 Å². The van der Waals surface area contributed by atoms with Crippen molar-refractivity contribution in [3.63, 3.8) is 0 Å². The quantitative estimate of drug-likeness (QED) is 0.266. The van der Waals surface area contributed by atoms with Gasteiger partial charge in [-0.15, -0.1) is 0 Å². The van der Waals surface area contributed by atoms with Gasteiger partial charge in [0.2, 0.25) is 0 Å². The highest BCUT2D eigenvalue weighted by atomic mass is 14.4. The highest BCUT2D eigenvalue weighted by Crippen LogP contribution is 2.43. The van der Waals surface area contributed by atoms with Crippen LogP contribution in [0, 0.1) is 17.8 Å². The average Bonchev–Trinajstić information content (AvgIpc) is 3.11. The van der Waals surface area contributed by atoms with Crippen molar-refractivity contribution < 1.29 is 0 Å². The number of fused-ring (bicyclic) bond motifs is 2. The first-order chi connectivity index (χ1) is 10.4. The lowest BCUT2D eigenvalue weighted by Crippen LogP contribution is -2.02. The molecule has 0 aromatic heterocycles. The minimum atomic E-state index is 0.878. The molecular formula is C21H36. The zero-order valence-corrected chi connectivity index (χ0v) is 14.2. The summed E-state index contributed by atoms with van der Waals surface area (Å²) < 4.78 is 0. The van der Waals surface area contributed by atoms with E-state index >= 15 is 0 Å². The molecule has 0 N–H and O–H groups in total. The van der Waals surface area contributed by atoms with Gasteiger partial charge in [-0.05, 0) is 43.4 Å². The number of allylic oxidation sites excluding steroid dienone is 4. The van der Waals surface area contributed by atoms with E-state index in [1.165, 1.54) is 83.5 Å². The van der Waals surface area contributed by atoms with Crippen LogP contribution >= 0.6 is 0 Å². The van der Waals surface area contributed by atoms with E-state index in [9.17, 15) is 0 Å². The number of hydrogen-bond donors (Lipinski definition) is 0. The Kier molecular flexibility index (Phi) is 8.22. The molecule has 2 aliphatic carbocycles. The van der Waals surface area contributed by atoms with E-state index in [0.717, 1.165) is 17.8 Å². The second-order valence-electron chi connectivity index (χ2n) is 7.34. The summed E-state index contributed by atoms with van der Waals surface area (Å²) >= 11 is 0. The molecule has 0 aromatic carbocycles. The monoisotopic (exact) mass is 288 g/mol. The van der Waals surface area contributed by atoms with E-state index in [1.54, 1.807) is 0 Å². The Morgan fingerprint density at radius 1 is 0.810 bits per heavy atom. The Morgan fingerprint density at radius 3 is 2.05 bits per heavy atom. The standard InChI is InChI=1S/C21H36/c1-2-3-4-5-6-7-8-9-10-11-12-13-14-20-17-19-15-16-21(20)18-19/h13-16,19-21H,2-12,17-18H2,1H3.